The molecule has 3 nitrogen and oxygen atoms in total. The third kappa shape index (κ3) is 5.68. The van der Waals surface area contributed by atoms with Gasteiger partial charge in [-0.2, -0.15) is 0 Å². The molecule has 2 N–H and O–H groups in total. The Morgan fingerprint density at radius 1 is 1.14 bits per heavy atom. The highest BCUT2D eigenvalue weighted by molar-refractivity contribution is 5.27. The van der Waals surface area contributed by atoms with Crippen molar-refractivity contribution in [2.45, 2.75) is 64.0 Å². The number of nitrogens with one attached hydrogen (secondary N) is 1. The van der Waals surface area contributed by atoms with E-state index in [4.69, 9.17) is 9.84 Å². The van der Waals surface area contributed by atoms with Crippen molar-refractivity contribution in [3.8, 4) is 5.75 Å². The average molecular weight is 291 g/mol. The lowest BCUT2D eigenvalue weighted by Gasteiger charge is -2.13. The number of hydrogen-bond acceptors (Lipinski definition) is 3. The highest BCUT2D eigenvalue weighted by Gasteiger charge is 2.24. The van der Waals surface area contributed by atoms with Gasteiger partial charge in [-0.05, 0) is 30.5 Å². The predicted molar refractivity (Wildman–Crippen MR) is 86.8 cm³/mol. The first-order valence-corrected chi connectivity index (χ1v) is 8.41. The number of aryl methyl sites for hydroxylation is 1. The highest BCUT2D eigenvalue weighted by atomic mass is 16.5. The van der Waals surface area contributed by atoms with Crippen LogP contribution in [0.25, 0.3) is 0 Å². The van der Waals surface area contributed by atoms with E-state index in [0.29, 0.717) is 0 Å². The van der Waals surface area contributed by atoms with Crippen LogP contribution in [0.5, 0.6) is 5.75 Å². The van der Waals surface area contributed by atoms with E-state index in [1.54, 1.807) is 0 Å². The lowest BCUT2D eigenvalue weighted by atomic mass is 10.1. The van der Waals surface area contributed by atoms with E-state index in [1.165, 1.54) is 44.1 Å². The summed E-state index contributed by atoms with van der Waals surface area (Å²) in [5.41, 5.74) is 1.40. The molecule has 1 aromatic rings. The summed E-state index contributed by atoms with van der Waals surface area (Å²) in [5.74, 6) is 0.940. The second kappa shape index (κ2) is 9.06. The first-order valence-electron chi connectivity index (χ1n) is 8.41. The van der Waals surface area contributed by atoms with Crippen molar-refractivity contribution in [2.24, 2.45) is 0 Å². The zero-order valence-electron chi connectivity index (χ0n) is 13.2. The molecule has 21 heavy (non-hydrogen) atoms. The van der Waals surface area contributed by atoms with Crippen LogP contribution in [0.1, 0.15) is 51.0 Å². The quantitative estimate of drug-likeness (QED) is 0.686. The molecule has 0 radical (unpaired) electrons. The fourth-order valence-corrected chi connectivity index (χ4v) is 2.87. The van der Waals surface area contributed by atoms with E-state index >= 15 is 0 Å². The summed E-state index contributed by atoms with van der Waals surface area (Å²) in [6.07, 6.45) is 8.88. The molecule has 1 aliphatic rings. The second-order valence-electron chi connectivity index (χ2n) is 6.07. The van der Waals surface area contributed by atoms with Crippen LogP contribution in [-0.4, -0.2) is 30.4 Å². The Bertz CT molecular complexity index is 391. The van der Waals surface area contributed by atoms with Crippen LogP contribution in [0.15, 0.2) is 24.3 Å². The van der Waals surface area contributed by atoms with Crippen LogP contribution in [-0.2, 0) is 6.42 Å². The minimum Gasteiger partial charge on any atom is -0.489 e. The van der Waals surface area contributed by atoms with E-state index in [-0.39, 0.29) is 18.8 Å². The van der Waals surface area contributed by atoms with Gasteiger partial charge in [-0.3, -0.25) is 0 Å². The minimum atomic E-state index is 0.182. The topological polar surface area (TPSA) is 41.5 Å². The lowest BCUT2D eigenvalue weighted by Crippen LogP contribution is -2.25. The molecular formula is C18H29NO2. The van der Waals surface area contributed by atoms with Gasteiger partial charge in [0.1, 0.15) is 11.9 Å². The summed E-state index contributed by atoms with van der Waals surface area (Å²) in [6.45, 7) is 3.27. The Morgan fingerprint density at radius 2 is 1.90 bits per heavy atom. The molecule has 0 bridgehead atoms. The van der Waals surface area contributed by atoms with Crippen LogP contribution >= 0.6 is 0 Å². The van der Waals surface area contributed by atoms with Crippen molar-refractivity contribution in [3.63, 3.8) is 0 Å². The minimum absolute atomic E-state index is 0.182. The van der Waals surface area contributed by atoms with Crippen molar-refractivity contribution in [1.29, 1.82) is 0 Å². The van der Waals surface area contributed by atoms with Crippen LogP contribution in [0.2, 0.25) is 0 Å². The molecule has 0 aromatic heterocycles. The maximum absolute atomic E-state index is 9.10. The van der Waals surface area contributed by atoms with Crippen molar-refractivity contribution < 1.29 is 9.84 Å². The zero-order valence-corrected chi connectivity index (χ0v) is 13.2. The van der Waals surface area contributed by atoms with Gasteiger partial charge in [-0.1, -0.05) is 44.7 Å². The van der Waals surface area contributed by atoms with Gasteiger partial charge in [0, 0.05) is 19.0 Å². The van der Waals surface area contributed by atoms with Gasteiger partial charge < -0.3 is 15.2 Å². The molecule has 1 aromatic carbocycles. The standard InChI is InChI=1S/C18H29NO2/c1-2-3-4-5-6-7-15-8-10-17(11-9-15)21-18-12-16(14-20)19-13-18/h8-11,16,18-20H,2-7,12-14H2,1H3/t16-,18-/m1/s1. The van der Waals surface area contributed by atoms with E-state index < -0.39 is 0 Å². The SMILES string of the molecule is CCCCCCCc1ccc(O[C@H]2CN[C@@H](CO)C2)cc1. The number of aliphatic hydroxyl groups is 1. The molecule has 1 aliphatic heterocycles. The molecule has 0 amide bonds. The molecule has 1 fully saturated rings. The maximum Gasteiger partial charge on any atom is 0.119 e. The predicted octanol–water partition coefficient (Wildman–Crippen LogP) is 3.30. The van der Waals surface area contributed by atoms with E-state index in [2.05, 4.69) is 36.5 Å². The maximum atomic E-state index is 9.10. The van der Waals surface area contributed by atoms with Gasteiger partial charge in [-0.15, -0.1) is 0 Å². The van der Waals surface area contributed by atoms with Gasteiger partial charge in [0.05, 0.1) is 6.61 Å². The first-order chi connectivity index (χ1) is 10.3. The number of aliphatic hydroxyl groups excluding tert-OH is 1. The molecule has 0 unspecified atom stereocenters. The first kappa shape index (κ1) is 16.3. The Kier molecular flexibility index (Phi) is 7.04. The summed E-state index contributed by atoms with van der Waals surface area (Å²) < 4.78 is 5.95. The van der Waals surface area contributed by atoms with Crippen LogP contribution in [0.3, 0.4) is 0 Å². The molecule has 1 heterocycles. The normalized spacial score (nSPS) is 21.6. The Balaban J connectivity index is 1.69. The van der Waals surface area contributed by atoms with Gasteiger partial charge in [-0.25, -0.2) is 0 Å². The summed E-state index contributed by atoms with van der Waals surface area (Å²) in [7, 11) is 0. The Hall–Kier alpha value is -1.06. The van der Waals surface area contributed by atoms with Gasteiger partial charge in [0.15, 0.2) is 0 Å². The molecule has 1 saturated heterocycles. The molecular weight excluding hydrogens is 262 g/mol. The van der Waals surface area contributed by atoms with Gasteiger partial charge in [0.25, 0.3) is 0 Å². The van der Waals surface area contributed by atoms with Crippen molar-refractivity contribution in [3.05, 3.63) is 29.8 Å². The molecule has 3 heteroatoms. The summed E-state index contributed by atoms with van der Waals surface area (Å²) >= 11 is 0. The van der Waals surface area contributed by atoms with Crippen LogP contribution < -0.4 is 10.1 Å². The molecule has 0 spiro atoms. The lowest BCUT2D eigenvalue weighted by molar-refractivity contribution is 0.206. The summed E-state index contributed by atoms with van der Waals surface area (Å²) in [5, 5.41) is 12.4. The number of ether oxygens (including phenoxy) is 1. The summed E-state index contributed by atoms with van der Waals surface area (Å²) in [4.78, 5) is 0. The van der Waals surface area contributed by atoms with E-state index in [0.717, 1.165) is 18.7 Å². The fourth-order valence-electron chi connectivity index (χ4n) is 2.87. The Labute approximate surface area is 128 Å². The Morgan fingerprint density at radius 3 is 2.57 bits per heavy atom. The van der Waals surface area contributed by atoms with Crippen molar-refractivity contribution >= 4 is 0 Å². The van der Waals surface area contributed by atoms with E-state index in [9.17, 15) is 0 Å². The zero-order chi connectivity index (χ0) is 14.9. The van der Waals surface area contributed by atoms with E-state index in [1.807, 2.05) is 0 Å². The second-order valence-corrected chi connectivity index (χ2v) is 6.07. The monoisotopic (exact) mass is 291 g/mol. The number of rotatable bonds is 9. The van der Waals surface area contributed by atoms with Gasteiger partial charge in [0.2, 0.25) is 0 Å². The molecule has 0 saturated carbocycles. The smallest absolute Gasteiger partial charge is 0.119 e. The van der Waals surface area contributed by atoms with Gasteiger partial charge >= 0.3 is 0 Å². The average Bonchev–Trinajstić information content (AvgIpc) is 2.96. The van der Waals surface area contributed by atoms with Crippen LogP contribution in [0.4, 0.5) is 0 Å². The number of benzene rings is 1. The number of unbranched alkanes of at least 4 members (excludes halogenated alkanes) is 4. The molecule has 0 aliphatic carbocycles. The van der Waals surface area contributed by atoms with Crippen molar-refractivity contribution in [1.82, 2.24) is 5.32 Å². The third-order valence-electron chi connectivity index (χ3n) is 4.20. The summed E-state index contributed by atoms with van der Waals surface area (Å²) in [6, 6.07) is 8.71. The molecule has 2 atom stereocenters. The largest absolute Gasteiger partial charge is 0.489 e. The van der Waals surface area contributed by atoms with Crippen LogP contribution in [0, 0.1) is 0 Å². The molecule has 2 rings (SSSR count). The van der Waals surface area contributed by atoms with Crippen molar-refractivity contribution in [2.75, 3.05) is 13.2 Å². The molecule has 118 valence electrons. The third-order valence-corrected chi connectivity index (χ3v) is 4.20. The highest BCUT2D eigenvalue weighted by Crippen LogP contribution is 2.19. The number of hydrogen-bond donors (Lipinski definition) is 2. The fraction of sp³-hybridized carbons (Fsp3) is 0.667.